The molecule has 144 valence electrons. The third-order valence-electron chi connectivity index (χ3n) is 5.61. The highest BCUT2D eigenvalue weighted by Gasteiger charge is 2.21. The summed E-state index contributed by atoms with van der Waals surface area (Å²) in [7, 11) is 0. The Morgan fingerprint density at radius 2 is 1.89 bits per heavy atom. The Bertz CT molecular complexity index is 1030. The Kier molecular flexibility index (Phi) is 5.03. The zero-order valence-corrected chi connectivity index (χ0v) is 16.9. The van der Waals surface area contributed by atoms with E-state index in [9.17, 15) is 4.79 Å². The molecular formula is C24H27N3O. The second kappa shape index (κ2) is 7.63. The van der Waals surface area contributed by atoms with Crippen molar-refractivity contribution in [2.24, 2.45) is 0 Å². The van der Waals surface area contributed by atoms with Crippen molar-refractivity contribution < 1.29 is 4.79 Å². The summed E-state index contributed by atoms with van der Waals surface area (Å²) < 4.78 is 2.06. The third-order valence-corrected chi connectivity index (χ3v) is 5.61. The molecule has 1 aliphatic rings. The fourth-order valence-corrected chi connectivity index (χ4v) is 3.92. The first kappa shape index (κ1) is 18.5. The van der Waals surface area contributed by atoms with Crippen molar-refractivity contribution in [2.75, 3.05) is 6.54 Å². The van der Waals surface area contributed by atoms with Crippen LogP contribution in [-0.4, -0.2) is 32.8 Å². The van der Waals surface area contributed by atoms with Gasteiger partial charge in [-0.2, -0.15) is 0 Å². The minimum atomic E-state index is 0.0871. The minimum Gasteiger partial charge on any atom is -0.336 e. The van der Waals surface area contributed by atoms with E-state index in [0.29, 0.717) is 6.04 Å². The molecule has 4 heteroatoms. The smallest absolute Gasteiger partial charge is 0.246 e. The number of carbonyl (C=O) groups is 1. The number of carbonyl (C=O) groups excluding carboxylic acids is 1. The lowest BCUT2D eigenvalue weighted by atomic mass is 10.0. The number of hydrogen-bond acceptors (Lipinski definition) is 2. The number of aromatic nitrogens is 2. The van der Waals surface area contributed by atoms with Crippen LogP contribution >= 0.6 is 0 Å². The van der Waals surface area contributed by atoms with E-state index in [1.165, 1.54) is 17.5 Å². The molecular weight excluding hydrogens is 346 g/mol. The van der Waals surface area contributed by atoms with Gasteiger partial charge in [0.2, 0.25) is 5.91 Å². The maximum Gasteiger partial charge on any atom is 0.246 e. The van der Waals surface area contributed by atoms with E-state index >= 15 is 0 Å². The monoisotopic (exact) mass is 373 g/mol. The molecule has 1 fully saturated rings. The van der Waals surface area contributed by atoms with E-state index in [1.54, 1.807) is 6.08 Å². The van der Waals surface area contributed by atoms with E-state index in [0.717, 1.165) is 42.0 Å². The second-order valence-electron chi connectivity index (χ2n) is 7.85. The SMILES string of the molecule is Cc1ccc(-c2nc3cc(C)ccn3c2/C=C/C(=O)N2CCCCC2C)cc1. The summed E-state index contributed by atoms with van der Waals surface area (Å²) in [6.07, 6.45) is 9.05. The van der Waals surface area contributed by atoms with Crippen LogP contribution in [0.1, 0.15) is 43.0 Å². The highest BCUT2D eigenvalue weighted by Crippen LogP contribution is 2.27. The van der Waals surface area contributed by atoms with Gasteiger partial charge in [-0.05, 0) is 63.8 Å². The zero-order valence-electron chi connectivity index (χ0n) is 16.9. The largest absolute Gasteiger partial charge is 0.336 e. The number of aryl methyl sites for hydroxylation is 2. The summed E-state index contributed by atoms with van der Waals surface area (Å²) in [4.78, 5) is 19.6. The minimum absolute atomic E-state index is 0.0871. The Morgan fingerprint density at radius 1 is 1.11 bits per heavy atom. The summed E-state index contributed by atoms with van der Waals surface area (Å²) in [6, 6.07) is 12.8. The Labute approximate surface area is 166 Å². The predicted molar refractivity (Wildman–Crippen MR) is 114 cm³/mol. The highest BCUT2D eigenvalue weighted by molar-refractivity contribution is 5.93. The number of amides is 1. The quantitative estimate of drug-likeness (QED) is 0.604. The first-order valence-corrected chi connectivity index (χ1v) is 10.1. The number of nitrogens with zero attached hydrogens (tertiary/aromatic N) is 3. The van der Waals surface area contributed by atoms with E-state index in [1.807, 2.05) is 17.2 Å². The fraction of sp³-hybridized carbons (Fsp3) is 0.333. The molecule has 0 aliphatic carbocycles. The predicted octanol–water partition coefficient (Wildman–Crippen LogP) is 5.03. The Hall–Kier alpha value is -2.88. The molecule has 2 aromatic heterocycles. The number of fused-ring (bicyclic) bond motifs is 1. The van der Waals surface area contributed by atoms with Crippen molar-refractivity contribution in [3.05, 3.63) is 65.5 Å². The van der Waals surface area contributed by atoms with Crippen LogP contribution in [0.4, 0.5) is 0 Å². The molecule has 0 saturated carbocycles. The van der Waals surface area contributed by atoms with E-state index in [4.69, 9.17) is 4.98 Å². The lowest BCUT2D eigenvalue weighted by Gasteiger charge is -2.32. The van der Waals surface area contributed by atoms with Gasteiger partial charge in [-0.25, -0.2) is 4.98 Å². The molecule has 1 aliphatic heterocycles. The van der Waals surface area contributed by atoms with Crippen molar-refractivity contribution in [2.45, 2.75) is 46.1 Å². The molecule has 1 saturated heterocycles. The van der Waals surface area contributed by atoms with E-state index in [-0.39, 0.29) is 5.91 Å². The molecule has 1 atom stereocenters. The molecule has 28 heavy (non-hydrogen) atoms. The van der Waals surface area contributed by atoms with Gasteiger partial charge in [0.25, 0.3) is 0 Å². The van der Waals surface area contributed by atoms with Crippen LogP contribution in [0.5, 0.6) is 0 Å². The number of piperidine rings is 1. The zero-order chi connectivity index (χ0) is 19.7. The van der Waals surface area contributed by atoms with Gasteiger partial charge in [-0.3, -0.25) is 9.20 Å². The first-order valence-electron chi connectivity index (χ1n) is 10.1. The molecule has 0 radical (unpaired) electrons. The number of benzene rings is 1. The maximum atomic E-state index is 12.8. The van der Waals surface area contributed by atoms with Crippen LogP contribution < -0.4 is 0 Å². The summed E-state index contributed by atoms with van der Waals surface area (Å²) in [5, 5.41) is 0. The number of imidazole rings is 1. The molecule has 0 N–H and O–H groups in total. The van der Waals surface area contributed by atoms with Crippen molar-refractivity contribution in [3.63, 3.8) is 0 Å². The first-order chi connectivity index (χ1) is 13.5. The molecule has 4 nitrogen and oxygen atoms in total. The average Bonchev–Trinajstić information content (AvgIpc) is 3.04. The van der Waals surface area contributed by atoms with Crippen molar-refractivity contribution in [3.8, 4) is 11.3 Å². The van der Waals surface area contributed by atoms with Crippen LogP contribution in [0.25, 0.3) is 23.0 Å². The fourth-order valence-electron chi connectivity index (χ4n) is 3.92. The van der Waals surface area contributed by atoms with Gasteiger partial charge in [0.1, 0.15) is 5.65 Å². The Balaban J connectivity index is 1.75. The average molecular weight is 374 g/mol. The number of pyridine rings is 1. The van der Waals surface area contributed by atoms with Crippen LogP contribution in [-0.2, 0) is 4.79 Å². The van der Waals surface area contributed by atoms with Crippen LogP contribution in [0, 0.1) is 13.8 Å². The summed E-state index contributed by atoms with van der Waals surface area (Å²) in [5.41, 5.74) is 6.19. The van der Waals surface area contributed by atoms with Gasteiger partial charge >= 0.3 is 0 Å². The van der Waals surface area contributed by atoms with Gasteiger partial charge in [0.15, 0.2) is 0 Å². The van der Waals surface area contributed by atoms with Crippen LogP contribution in [0.2, 0.25) is 0 Å². The van der Waals surface area contributed by atoms with E-state index in [2.05, 4.69) is 61.6 Å². The van der Waals surface area contributed by atoms with Gasteiger partial charge in [-0.1, -0.05) is 29.8 Å². The number of rotatable bonds is 3. The van der Waals surface area contributed by atoms with Crippen LogP contribution in [0.3, 0.4) is 0 Å². The maximum absolute atomic E-state index is 12.8. The molecule has 1 aromatic carbocycles. The topological polar surface area (TPSA) is 37.6 Å². The van der Waals surface area contributed by atoms with Gasteiger partial charge in [0, 0.05) is 30.4 Å². The molecule has 3 heterocycles. The third kappa shape index (κ3) is 3.59. The molecule has 3 aromatic rings. The highest BCUT2D eigenvalue weighted by atomic mass is 16.2. The van der Waals surface area contributed by atoms with Crippen LogP contribution in [0.15, 0.2) is 48.7 Å². The van der Waals surface area contributed by atoms with Gasteiger partial charge in [0.05, 0.1) is 11.4 Å². The lowest BCUT2D eigenvalue weighted by Crippen LogP contribution is -2.41. The van der Waals surface area contributed by atoms with E-state index < -0.39 is 0 Å². The normalized spacial score (nSPS) is 17.5. The Morgan fingerprint density at radius 3 is 2.64 bits per heavy atom. The van der Waals surface area contributed by atoms with Crippen molar-refractivity contribution in [1.29, 1.82) is 0 Å². The molecule has 4 rings (SSSR count). The lowest BCUT2D eigenvalue weighted by molar-refractivity contribution is -0.129. The molecule has 0 spiro atoms. The standard InChI is InChI=1S/C24H27N3O/c1-17-7-9-20(10-8-17)24-21(27-15-13-18(2)16-22(27)25-24)11-12-23(28)26-14-5-4-6-19(26)3/h7-13,15-16,19H,4-6,14H2,1-3H3/b12-11+. The summed E-state index contributed by atoms with van der Waals surface area (Å²) in [5.74, 6) is 0.0871. The van der Waals surface area contributed by atoms with Gasteiger partial charge in [-0.15, -0.1) is 0 Å². The molecule has 1 unspecified atom stereocenters. The van der Waals surface area contributed by atoms with Crippen molar-refractivity contribution in [1.82, 2.24) is 14.3 Å². The summed E-state index contributed by atoms with van der Waals surface area (Å²) in [6.45, 7) is 7.13. The summed E-state index contributed by atoms with van der Waals surface area (Å²) >= 11 is 0. The molecule has 1 amide bonds. The second-order valence-corrected chi connectivity index (χ2v) is 7.85. The number of likely N-dealkylation sites (tertiary alicyclic amines) is 1. The molecule has 0 bridgehead atoms. The number of hydrogen-bond donors (Lipinski definition) is 0. The van der Waals surface area contributed by atoms with Crippen molar-refractivity contribution >= 4 is 17.6 Å². The van der Waals surface area contributed by atoms with Gasteiger partial charge < -0.3 is 4.90 Å².